The summed E-state index contributed by atoms with van der Waals surface area (Å²) in [4.78, 5) is 2.84. The van der Waals surface area contributed by atoms with Crippen LogP contribution < -0.4 is 0 Å². The standard InChI is InChI=1S/C8H2F6N2/c9-6-3(7(10)11)2-16-4(1-15)5(6)8(12,13)14/h2,7H. The first-order chi connectivity index (χ1) is 7.29. The molecule has 0 amide bonds. The Labute approximate surface area is 85.1 Å². The van der Waals surface area contributed by atoms with Crippen LogP contribution in [0.3, 0.4) is 0 Å². The van der Waals surface area contributed by atoms with Gasteiger partial charge in [0.2, 0.25) is 0 Å². The van der Waals surface area contributed by atoms with Crippen molar-refractivity contribution in [3.05, 3.63) is 28.8 Å². The summed E-state index contributed by atoms with van der Waals surface area (Å²) in [5.74, 6) is -2.16. The van der Waals surface area contributed by atoms with Gasteiger partial charge in [0, 0.05) is 6.20 Å². The van der Waals surface area contributed by atoms with E-state index in [4.69, 9.17) is 5.26 Å². The summed E-state index contributed by atoms with van der Waals surface area (Å²) in [7, 11) is 0. The van der Waals surface area contributed by atoms with Gasteiger partial charge in [0.1, 0.15) is 17.4 Å². The molecule has 0 spiro atoms. The van der Waals surface area contributed by atoms with Crippen LogP contribution in [-0.2, 0) is 6.18 Å². The van der Waals surface area contributed by atoms with E-state index in [9.17, 15) is 26.3 Å². The number of halogens is 6. The maximum absolute atomic E-state index is 13.1. The van der Waals surface area contributed by atoms with Crippen molar-refractivity contribution in [2.45, 2.75) is 12.6 Å². The van der Waals surface area contributed by atoms with Gasteiger partial charge in [-0.2, -0.15) is 18.4 Å². The van der Waals surface area contributed by atoms with E-state index >= 15 is 0 Å². The number of hydrogen-bond acceptors (Lipinski definition) is 2. The van der Waals surface area contributed by atoms with Crippen LogP contribution in [0.15, 0.2) is 6.20 Å². The SMILES string of the molecule is N#Cc1ncc(C(F)F)c(F)c1C(F)(F)F. The first kappa shape index (κ1) is 12.3. The molecule has 1 aromatic rings. The van der Waals surface area contributed by atoms with Crippen molar-refractivity contribution in [3.8, 4) is 6.07 Å². The second kappa shape index (κ2) is 4.00. The molecule has 86 valence electrons. The van der Waals surface area contributed by atoms with E-state index in [1.165, 1.54) is 0 Å². The molecule has 0 atom stereocenters. The smallest absolute Gasteiger partial charge is 0.244 e. The van der Waals surface area contributed by atoms with E-state index in [0.717, 1.165) is 6.07 Å². The summed E-state index contributed by atoms with van der Waals surface area (Å²) in [5.41, 5.74) is -4.81. The van der Waals surface area contributed by atoms with E-state index in [2.05, 4.69) is 4.98 Å². The molecule has 0 radical (unpaired) electrons. The molecule has 8 heteroatoms. The summed E-state index contributed by atoms with van der Waals surface area (Å²) in [6, 6.07) is 0.993. The molecule has 0 fully saturated rings. The molecule has 0 saturated carbocycles. The van der Waals surface area contributed by atoms with Gasteiger partial charge < -0.3 is 0 Å². The molecule has 0 aliphatic rings. The molecule has 1 heterocycles. The average Bonchev–Trinajstić information content (AvgIpc) is 2.14. The maximum atomic E-state index is 13.1. The van der Waals surface area contributed by atoms with Gasteiger partial charge in [-0.1, -0.05) is 0 Å². The molecule has 1 rings (SSSR count). The molecule has 0 aliphatic heterocycles. The van der Waals surface area contributed by atoms with Crippen molar-refractivity contribution in [2.24, 2.45) is 0 Å². The average molecular weight is 240 g/mol. The molecule has 0 N–H and O–H groups in total. The van der Waals surface area contributed by atoms with Gasteiger partial charge in [0.15, 0.2) is 5.69 Å². The minimum Gasteiger partial charge on any atom is -0.244 e. The predicted octanol–water partition coefficient (Wildman–Crippen LogP) is 3.05. The molecule has 1 aromatic heterocycles. The van der Waals surface area contributed by atoms with Crippen molar-refractivity contribution in [3.63, 3.8) is 0 Å². The second-order valence-electron chi connectivity index (χ2n) is 2.66. The Morgan fingerprint density at radius 2 is 1.88 bits per heavy atom. The molecule has 0 bridgehead atoms. The zero-order valence-electron chi connectivity index (χ0n) is 7.32. The largest absolute Gasteiger partial charge is 0.422 e. The highest BCUT2D eigenvalue weighted by molar-refractivity contribution is 5.37. The Morgan fingerprint density at radius 1 is 1.31 bits per heavy atom. The molecular formula is C8H2F6N2. The third-order valence-electron chi connectivity index (χ3n) is 1.67. The predicted molar refractivity (Wildman–Crippen MR) is 38.9 cm³/mol. The van der Waals surface area contributed by atoms with Gasteiger partial charge in [0.25, 0.3) is 6.43 Å². The van der Waals surface area contributed by atoms with E-state index in [-0.39, 0.29) is 6.20 Å². The maximum Gasteiger partial charge on any atom is 0.422 e. The van der Waals surface area contributed by atoms with Gasteiger partial charge in [-0.3, -0.25) is 0 Å². The quantitative estimate of drug-likeness (QED) is 0.707. The third-order valence-corrected chi connectivity index (χ3v) is 1.67. The fraction of sp³-hybridized carbons (Fsp3) is 0.250. The summed E-state index contributed by atoms with van der Waals surface area (Å²) in [6.45, 7) is 0. The monoisotopic (exact) mass is 240 g/mol. The number of alkyl halides is 5. The summed E-state index contributed by atoms with van der Waals surface area (Å²) in [5, 5.41) is 8.27. The van der Waals surface area contributed by atoms with Crippen LogP contribution in [0.5, 0.6) is 0 Å². The Bertz CT molecular complexity index is 445. The minimum atomic E-state index is -5.24. The van der Waals surface area contributed by atoms with Gasteiger partial charge in [-0.25, -0.2) is 18.2 Å². The summed E-state index contributed by atoms with van der Waals surface area (Å²) >= 11 is 0. The van der Waals surface area contributed by atoms with Gasteiger partial charge in [0.05, 0.1) is 5.56 Å². The Morgan fingerprint density at radius 3 is 2.25 bits per heavy atom. The first-order valence-electron chi connectivity index (χ1n) is 3.73. The van der Waals surface area contributed by atoms with Crippen LogP contribution >= 0.6 is 0 Å². The van der Waals surface area contributed by atoms with E-state index in [1.54, 1.807) is 0 Å². The fourth-order valence-corrected chi connectivity index (χ4v) is 0.999. The Balaban J connectivity index is 3.55. The molecule has 0 aromatic carbocycles. The lowest BCUT2D eigenvalue weighted by Gasteiger charge is -2.11. The van der Waals surface area contributed by atoms with Crippen LogP contribution in [0.4, 0.5) is 26.3 Å². The van der Waals surface area contributed by atoms with E-state index < -0.39 is 35.2 Å². The second-order valence-corrected chi connectivity index (χ2v) is 2.66. The molecule has 2 nitrogen and oxygen atoms in total. The number of hydrogen-bond donors (Lipinski definition) is 0. The summed E-state index contributed by atoms with van der Waals surface area (Å²) in [6.07, 6.45) is -8.46. The van der Waals surface area contributed by atoms with Crippen molar-refractivity contribution < 1.29 is 26.3 Å². The van der Waals surface area contributed by atoms with Crippen molar-refractivity contribution in [2.75, 3.05) is 0 Å². The lowest BCUT2D eigenvalue weighted by molar-refractivity contribution is -0.140. The van der Waals surface area contributed by atoms with Crippen LogP contribution in [0.1, 0.15) is 23.2 Å². The molecule has 0 aliphatic carbocycles. The van der Waals surface area contributed by atoms with Crippen LogP contribution in [0.2, 0.25) is 0 Å². The first-order valence-corrected chi connectivity index (χ1v) is 3.73. The lowest BCUT2D eigenvalue weighted by Crippen LogP contribution is -2.14. The zero-order chi connectivity index (χ0) is 12.5. The van der Waals surface area contributed by atoms with Crippen LogP contribution in [0, 0.1) is 17.1 Å². The van der Waals surface area contributed by atoms with Gasteiger partial charge in [-0.05, 0) is 0 Å². The zero-order valence-corrected chi connectivity index (χ0v) is 7.32. The highest BCUT2D eigenvalue weighted by atomic mass is 19.4. The van der Waals surface area contributed by atoms with Crippen molar-refractivity contribution in [1.82, 2.24) is 4.98 Å². The normalized spacial score (nSPS) is 11.6. The van der Waals surface area contributed by atoms with Gasteiger partial charge >= 0.3 is 6.18 Å². The van der Waals surface area contributed by atoms with E-state index in [1.807, 2.05) is 0 Å². The lowest BCUT2D eigenvalue weighted by atomic mass is 10.1. The van der Waals surface area contributed by atoms with Crippen LogP contribution in [0.25, 0.3) is 0 Å². The van der Waals surface area contributed by atoms with Crippen LogP contribution in [-0.4, -0.2) is 4.98 Å². The fourth-order valence-electron chi connectivity index (χ4n) is 0.999. The highest BCUT2D eigenvalue weighted by Gasteiger charge is 2.40. The van der Waals surface area contributed by atoms with Gasteiger partial charge in [-0.15, -0.1) is 0 Å². The third kappa shape index (κ3) is 2.08. The molecule has 0 saturated heterocycles. The Kier molecular flexibility index (Phi) is 3.07. The molecular weight excluding hydrogens is 238 g/mol. The number of pyridine rings is 1. The molecule has 16 heavy (non-hydrogen) atoms. The number of rotatable bonds is 1. The summed E-state index contributed by atoms with van der Waals surface area (Å²) < 4.78 is 74.1. The number of nitriles is 1. The number of nitrogens with zero attached hydrogens (tertiary/aromatic N) is 2. The van der Waals surface area contributed by atoms with Crippen molar-refractivity contribution in [1.29, 1.82) is 5.26 Å². The highest BCUT2D eigenvalue weighted by Crippen LogP contribution is 2.36. The van der Waals surface area contributed by atoms with E-state index in [0.29, 0.717) is 0 Å². The van der Waals surface area contributed by atoms with Crippen molar-refractivity contribution >= 4 is 0 Å². The number of aromatic nitrogens is 1. The topological polar surface area (TPSA) is 36.7 Å². The molecule has 0 unspecified atom stereocenters. The minimum absolute atomic E-state index is 0.216. The Hall–Kier alpha value is -1.78.